The molecule has 0 amide bonds. The van der Waals surface area contributed by atoms with Crippen molar-refractivity contribution in [2.24, 2.45) is 0 Å². The number of hydrogen-bond acceptors (Lipinski definition) is 3. The van der Waals surface area contributed by atoms with Gasteiger partial charge in [0.1, 0.15) is 0 Å². The van der Waals surface area contributed by atoms with E-state index in [0.717, 1.165) is 26.2 Å². The average molecular weight is 395 g/mol. The molecule has 1 atom stereocenters. The van der Waals surface area contributed by atoms with Crippen molar-refractivity contribution in [3.05, 3.63) is 69.9 Å². The van der Waals surface area contributed by atoms with Crippen molar-refractivity contribution in [2.45, 2.75) is 13.0 Å². The number of halogens is 2. The molecule has 25 heavy (non-hydrogen) atoms. The SMILES string of the molecule is Cc1ccc([C@@H](c2cccs2)N2CCNCC2)c2ccccc12.Cl.Cl. The van der Waals surface area contributed by atoms with Crippen LogP contribution in [0, 0.1) is 6.92 Å². The highest BCUT2D eigenvalue weighted by Gasteiger charge is 2.26. The summed E-state index contributed by atoms with van der Waals surface area (Å²) in [6, 6.07) is 18.3. The molecule has 1 aliphatic rings. The summed E-state index contributed by atoms with van der Waals surface area (Å²) in [4.78, 5) is 4.07. The largest absolute Gasteiger partial charge is 0.314 e. The van der Waals surface area contributed by atoms with Crippen LogP contribution >= 0.6 is 36.2 Å². The number of thiophene rings is 1. The van der Waals surface area contributed by atoms with Crippen LogP contribution in [0.5, 0.6) is 0 Å². The highest BCUT2D eigenvalue weighted by Crippen LogP contribution is 2.36. The fourth-order valence-electron chi connectivity index (χ4n) is 3.63. The number of rotatable bonds is 3. The van der Waals surface area contributed by atoms with Gasteiger partial charge in [0.15, 0.2) is 0 Å². The van der Waals surface area contributed by atoms with Gasteiger partial charge in [-0.05, 0) is 40.3 Å². The van der Waals surface area contributed by atoms with Gasteiger partial charge < -0.3 is 5.32 Å². The normalized spacial score (nSPS) is 16.0. The van der Waals surface area contributed by atoms with E-state index in [9.17, 15) is 0 Å². The fraction of sp³-hybridized carbons (Fsp3) is 0.300. The summed E-state index contributed by atoms with van der Waals surface area (Å²) < 4.78 is 0. The number of aryl methyl sites for hydroxylation is 1. The zero-order chi connectivity index (χ0) is 15.6. The molecule has 0 saturated carbocycles. The van der Waals surface area contributed by atoms with Crippen LogP contribution in [0.4, 0.5) is 0 Å². The lowest BCUT2D eigenvalue weighted by molar-refractivity contribution is 0.201. The summed E-state index contributed by atoms with van der Waals surface area (Å²) in [7, 11) is 0. The van der Waals surface area contributed by atoms with Crippen LogP contribution in [0.25, 0.3) is 10.8 Å². The molecule has 1 fully saturated rings. The highest BCUT2D eigenvalue weighted by molar-refractivity contribution is 7.10. The molecule has 0 radical (unpaired) electrons. The Labute approximate surface area is 166 Å². The van der Waals surface area contributed by atoms with Crippen molar-refractivity contribution in [1.82, 2.24) is 10.2 Å². The van der Waals surface area contributed by atoms with Crippen molar-refractivity contribution < 1.29 is 0 Å². The van der Waals surface area contributed by atoms with E-state index in [1.807, 2.05) is 11.3 Å². The van der Waals surface area contributed by atoms with Crippen molar-refractivity contribution in [2.75, 3.05) is 26.2 Å². The Morgan fingerprint density at radius 2 is 1.64 bits per heavy atom. The van der Waals surface area contributed by atoms with Gasteiger partial charge in [-0.3, -0.25) is 4.90 Å². The summed E-state index contributed by atoms with van der Waals surface area (Å²) in [5.74, 6) is 0. The van der Waals surface area contributed by atoms with Crippen LogP contribution < -0.4 is 5.32 Å². The van der Waals surface area contributed by atoms with Crippen molar-refractivity contribution in [1.29, 1.82) is 0 Å². The summed E-state index contributed by atoms with van der Waals surface area (Å²) in [6.07, 6.45) is 0. The van der Waals surface area contributed by atoms with Gasteiger partial charge in [0.05, 0.1) is 6.04 Å². The quantitative estimate of drug-likeness (QED) is 0.668. The van der Waals surface area contributed by atoms with Crippen molar-refractivity contribution in [3.8, 4) is 0 Å². The first-order chi connectivity index (χ1) is 11.3. The topological polar surface area (TPSA) is 15.3 Å². The molecule has 134 valence electrons. The van der Waals surface area contributed by atoms with Crippen LogP contribution in [0.15, 0.2) is 53.9 Å². The molecule has 0 spiro atoms. The second-order valence-electron chi connectivity index (χ2n) is 6.22. The summed E-state index contributed by atoms with van der Waals surface area (Å²) >= 11 is 1.87. The number of nitrogens with zero attached hydrogens (tertiary/aromatic N) is 1. The molecule has 0 aliphatic carbocycles. The number of nitrogens with one attached hydrogen (secondary N) is 1. The van der Waals surface area contributed by atoms with E-state index < -0.39 is 0 Å². The summed E-state index contributed by atoms with van der Waals surface area (Å²) in [5, 5.41) is 8.44. The maximum absolute atomic E-state index is 3.47. The summed E-state index contributed by atoms with van der Waals surface area (Å²) in [6.45, 7) is 6.56. The molecule has 5 heteroatoms. The van der Waals surface area contributed by atoms with Crippen LogP contribution in [0.1, 0.15) is 22.0 Å². The molecular formula is C20H24Cl2N2S. The Morgan fingerprint density at radius 3 is 2.32 bits per heavy atom. The zero-order valence-electron chi connectivity index (χ0n) is 14.3. The third-order valence-corrected chi connectivity index (χ3v) is 5.72. The van der Waals surface area contributed by atoms with Gasteiger partial charge in [-0.15, -0.1) is 36.2 Å². The van der Waals surface area contributed by atoms with Crippen LogP contribution in [0.3, 0.4) is 0 Å². The Morgan fingerprint density at radius 1 is 0.920 bits per heavy atom. The second-order valence-corrected chi connectivity index (χ2v) is 7.20. The lowest BCUT2D eigenvalue weighted by atomic mass is 9.94. The molecular weight excluding hydrogens is 371 g/mol. The molecule has 0 bridgehead atoms. The molecule has 1 aromatic heterocycles. The van der Waals surface area contributed by atoms with Gasteiger partial charge in [-0.1, -0.05) is 42.5 Å². The summed E-state index contributed by atoms with van der Waals surface area (Å²) in [5.41, 5.74) is 2.80. The number of fused-ring (bicyclic) bond motifs is 1. The lowest BCUT2D eigenvalue weighted by Gasteiger charge is -2.35. The average Bonchev–Trinajstić information content (AvgIpc) is 3.13. The smallest absolute Gasteiger partial charge is 0.0702 e. The van der Waals surface area contributed by atoms with Gasteiger partial charge in [-0.2, -0.15) is 0 Å². The van der Waals surface area contributed by atoms with E-state index >= 15 is 0 Å². The Balaban J connectivity index is 0.00000113. The Hall–Kier alpha value is -1.10. The van der Waals surface area contributed by atoms with Crippen LogP contribution in [-0.4, -0.2) is 31.1 Å². The van der Waals surface area contributed by atoms with E-state index in [1.54, 1.807) is 0 Å². The predicted octanol–water partition coefficient (Wildman–Crippen LogP) is 5.05. The maximum atomic E-state index is 3.47. The lowest BCUT2D eigenvalue weighted by Crippen LogP contribution is -2.45. The van der Waals surface area contributed by atoms with Crippen molar-refractivity contribution in [3.63, 3.8) is 0 Å². The van der Waals surface area contributed by atoms with E-state index in [2.05, 4.69) is 71.1 Å². The van der Waals surface area contributed by atoms with Gasteiger partial charge in [0.2, 0.25) is 0 Å². The molecule has 2 aromatic carbocycles. The molecule has 3 aromatic rings. The molecule has 1 N–H and O–H groups in total. The first kappa shape index (κ1) is 20.2. The van der Waals surface area contributed by atoms with Crippen molar-refractivity contribution >= 4 is 46.9 Å². The zero-order valence-corrected chi connectivity index (χ0v) is 16.7. The van der Waals surface area contributed by atoms with Crippen LogP contribution in [0.2, 0.25) is 0 Å². The van der Waals surface area contributed by atoms with Gasteiger partial charge in [0.25, 0.3) is 0 Å². The molecule has 2 nitrogen and oxygen atoms in total. The number of piperazine rings is 1. The second kappa shape index (κ2) is 9.02. The van der Waals surface area contributed by atoms with E-state index in [-0.39, 0.29) is 24.8 Å². The van der Waals surface area contributed by atoms with E-state index in [0.29, 0.717) is 6.04 Å². The first-order valence-electron chi connectivity index (χ1n) is 8.31. The molecule has 1 saturated heterocycles. The molecule has 4 rings (SSSR count). The minimum absolute atomic E-state index is 0. The van der Waals surface area contributed by atoms with Gasteiger partial charge in [0, 0.05) is 31.1 Å². The molecule has 0 unspecified atom stereocenters. The standard InChI is InChI=1S/C20H22N2S.2ClH/c1-15-8-9-18(17-6-3-2-5-16(15)17)20(19-7-4-14-23-19)22-12-10-21-11-13-22;;/h2-9,14,20-21H,10-13H2,1H3;2*1H/t20-;;/m0../s1. The van der Waals surface area contributed by atoms with Gasteiger partial charge in [-0.25, -0.2) is 0 Å². The molecule has 2 heterocycles. The maximum Gasteiger partial charge on any atom is 0.0702 e. The Bertz CT molecular complexity index is 799. The van der Waals surface area contributed by atoms with Gasteiger partial charge >= 0.3 is 0 Å². The third kappa shape index (κ3) is 4.02. The number of hydrogen-bond donors (Lipinski definition) is 1. The highest BCUT2D eigenvalue weighted by atomic mass is 35.5. The fourth-order valence-corrected chi connectivity index (χ4v) is 4.50. The van der Waals surface area contributed by atoms with E-state index in [1.165, 1.54) is 26.8 Å². The van der Waals surface area contributed by atoms with E-state index in [4.69, 9.17) is 0 Å². The third-order valence-electron chi connectivity index (χ3n) is 4.80. The number of benzene rings is 2. The molecule has 1 aliphatic heterocycles. The predicted molar refractivity (Wildman–Crippen MR) is 114 cm³/mol. The van der Waals surface area contributed by atoms with Crippen LogP contribution in [-0.2, 0) is 0 Å². The minimum atomic E-state index is 0. The minimum Gasteiger partial charge on any atom is -0.314 e. The monoisotopic (exact) mass is 394 g/mol. The first-order valence-corrected chi connectivity index (χ1v) is 9.19. The Kier molecular flexibility index (Phi) is 7.29.